The van der Waals surface area contributed by atoms with E-state index in [-0.39, 0.29) is 11.8 Å². The molecule has 1 atom stereocenters. The molecule has 1 fully saturated rings. The van der Waals surface area contributed by atoms with E-state index in [4.69, 9.17) is 15.2 Å². The van der Waals surface area contributed by atoms with E-state index in [2.05, 4.69) is 10.2 Å². The maximum absolute atomic E-state index is 12.2. The van der Waals surface area contributed by atoms with Crippen LogP contribution in [0.4, 0.5) is 5.69 Å². The van der Waals surface area contributed by atoms with Crippen LogP contribution in [0.2, 0.25) is 0 Å². The molecular formula is C17H27N3O3. The molecule has 6 heteroatoms. The third-order valence-corrected chi connectivity index (χ3v) is 4.01. The van der Waals surface area contributed by atoms with Gasteiger partial charge in [0, 0.05) is 25.4 Å². The largest absolute Gasteiger partial charge is 0.492 e. The highest BCUT2D eigenvalue weighted by atomic mass is 16.5. The van der Waals surface area contributed by atoms with Crippen molar-refractivity contribution in [2.45, 2.75) is 18.9 Å². The summed E-state index contributed by atoms with van der Waals surface area (Å²) >= 11 is 0. The Hall–Kier alpha value is -1.63. The molecule has 1 aromatic carbocycles. The second kappa shape index (κ2) is 8.86. The van der Waals surface area contributed by atoms with Crippen LogP contribution in [0.1, 0.15) is 12.8 Å². The fourth-order valence-corrected chi connectivity index (χ4v) is 2.50. The molecule has 1 aromatic rings. The number of rotatable bonds is 7. The molecule has 1 aliphatic rings. The fraction of sp³-hybridized carbons (Fsp3) is 0.588. The van der Waals surface area contributed by atoms with Gasteiger partial charge >= 0.3 is 0 Å². The van der Waals surface area contributed by atoms with Crippen LogP contribution in [-0.2, 0) is 9.53 Å². The van der Waals surface area contributed by atoms with Gasteiger partial charge in [-0.25, -0.2) is 0 Å². The van der Waals surface area contributed by atoms with Gasteiger partial charge in [0.1, 0.15) is 12.4 Å². The number of carbonyl (C=O) groups is 1. The number of hydrogen-bond donors (Lipinski definition) is 2. The van der Waals surface area contributed by atoms with Crippen molar-refractivity contribution in [1.82, 2.24) is 4.90 Å². The number of amides is 1. The summed E-state index contributed by atoms with van der Waals surface area (Å²) < 4.78 is 10.9. The molecule has 6 nitrogen and oxygen atoms in total. The second-order valence-electron chi connectivity index (χ2n) is 6.14. The smallest absolute Gasteiger partial charge is 0.241 e. The minimum absolute atomic E-state index is 0.141. The SMILES string of the molecule is CN(C)CCOc1ccc(NC(=O)C(N)C2CCOCC2)cc1. The molecule has 1 saturated heterocycles. The predicted octanol–water partition coefficient (Wildman–Crippen LogP) is 1.32. The van der Waals surface area contributed by atoms with Crippen molar-refractivity contribution in [3.8, 4) is 5.75 Å². The molecule has 0 radical (unpaired) electrons. The van der Waals surface area contributed by atoms with E-state index in [1.165, 1.54) is 0 Å². The summed E-state index contributed by atoms with van der Waals surface area (Å²) in [4.78, 5) is 14.3. The first-order valence-corrected chi connectivity index (χ1v) is 8.08. The van der Waals surface area contributed by atoms with Crippen molar-refractivity contribution >= 4 is 11.6 Å². The number of hydrogen-bond acceptors (Lipinski definition) is 5. The molecule has 23 heavy (non-hydrogen) atoms. The van der Waals surface area contributed by atoms with Gasteiger partial charge in [-0.3, -0.25) is 4.79 Å². The molecule has 1 heterocycles. The van der Waals surface area contributed by atoms with Gasteiger partial charge in [-0.1, -0.05) is 0 Å². The monoisotopic (exact) mass is 321 g/mol. The van der Waals surface area contributed by atoms with Gasteiger partial charge in [-0.15, -0.1) is 0 Å². The summed E-state index contributed by atoms with van der Waals surface area (Å²) in [6, 6.07) is 6.88. The van der Waals surface area contributed by atoms with E-state index in [0.717, 1.165) is 30.8 Å². The highest BCUT2D eigenvalue weighted by molar-refractivity contribution is 5.94. The first-order valence-electron chi connectivity index (χ1n) is 8.08. The van der Waals surface area contributed by atoms with E-state index in [9.17, 15) is 4.79 Å². The Kier molecular flexibility index (Phi) is 6.83. The number of likely N-dealkylation sites (N-methyl/N-ethyl adjacent to an activating group) is 1. The number of nitrogens with one attached hydrogen (secondary N) is 1. The number of carbonyl (C=O) groups excluding carboxylic acids is 1. The normalized spacial score (nSPS) is 17.0. The van der Waals surface area contributed by atoms with Crippen molar-refractivity contribution in [1.29, 1.82) is 0 Å². The van der Waals surface area contributed by atoms with Crippen LogP contribution in [0.5, 0.6) is 5.75 Å². The zero-order chi connectivity index (χ0) is 16.7. The Morgan fingerprint density at radius 2 is 2.00 bits per heavy atom. The lowest BCUT2D eigenvalue weighted by atomic mass is 9.92. The van der Waals surface area contributed by atoms with Crippen LogP contribution in [-0.4, -0.2) is 57.3 Å². The second-order valence-corrected chi connectivity index (χ2v) is 6.14. The van der Waals surface area contributed by atoms with Crippen LogP contribution in [0.15, 0.2) is 24.3 Å². The molecule has 2 rings (SSSR count). The van der Waals surface area contributed by atoms with E-state index < -0.39 is 6.04 Å². The van der Waals surface area contributed by atoms with E-state index in [1.54, 1.807) is 0 Å². The molecule has 0 bridgehead atoms. The van der Waals surface area contributed by atoms with Crippen molar-refractivity contribution in [3.05, 3.63) is 24.3 Å². The van der Waals surface area contributed by atoms with Crippen LogP contribution in [0.3, 0.4) is 0 Å². The molecular weight excluding hydrogens is 294 g/mol. The average molecular weight is 321 g/mol. The Bertz CT molecular complexity index is 484. The Morgan fingerprint density at radius 3 is 2.61 bits per heavy atom. The molecule has 0 spiro atoms. The minimum Gasteiger partial charge on any atom is -0.492 e. The molecule has 0 aliphatic carbocycles. The summed E-state index contributed by atoms with van der Waals surface area (Å²) in [5, 5.41) is 2.87. The van der Waals surface area contributed by atoms with Crippen molar-refractivity contribution in [2.24, 2.45) is 11.7 Å². The van der Waals surface area contributed by atoms with E-state index >= 15 is 0 Å². The molecule has 3 N–H and O–H groups in total. The molecule has 128 valence electrons. The topological polar surface area (TPSA) is 76.8 Å². The molecule has 0 saturated carbocycles. The number of nitrogens with zero attached hydrogens (tertiary/aromatic N) is 1. The first kappa shape index (κ1) is 17.7. The number of anilines is 1. The van der Waals surface area contributed by atoms with Crippen molar-refractivity contribution < 1.29 is 14.3 Å². The lowest BCUT2D eigenvalue weighted by Gasteiger charge is -2.26. The summed E-state index contributed by atoms with van der Waals surface area (Å²) in [6.07, 6.45) is 1.68. The van der Waals surface area contributed by atoms with Gasteiger partial charge in [0.2, 0.25) is 5.91 Å². The Labute approximate surface area is 137 Å². The summed E-state index contributed by atoms with van der Waals surface area (Å²) in [5.41, 5.74) is 6.80. The van der Waals surface area contributed by atoms with E-state index in [0.29, 0.717) is 19.8 Å². The lowest BCUT2D eigenvalue weighted by Crippen LogP contribution is -2.43. The predicted molar refractivity (Wildman–Crippen MR) is 90.6 cm³/mol. The highest BCUT2D eigenvalue weighted by Gasteiger charge is 2.26. The highest BCUT2D eigenvalue weighted by Crippen LogP contribution is 2.20. The van der Waals surface area contributed by atoms with Gasteiger partial charge in [-0.05, 0) is 57.1 Å². The molecule has 1 amide bonds. The van der Waals surface area contributed by atoms with Gasteiger partial charge < -0.3 is 25.4 Å². The minimum atomic E-state index is -0.491. The maximum Gasteiger partial charge on any atom is 0.241 e. The van der Waals surface area contributed by atoms with Crippen LogP contribution < -0.4 is 15.8 Å². The van der Waals surface area contributed by atoms with Gasteiger partial charge in [0.25, 0.3) is 0 Å². The molecule has 0 aromatic heterocycles. The lowest BCUT2D eigenvalue weighted by molar-refractivity contribution is -0.119. The fourth-order valence-electron chi connectivity index (χ4n) is 2.50. The number of benzene rings is 1. The first-order chi connectivity index (χ1) is 11.1. The average Bonchev–Trinajstić information content (AvgIpc) is 2.56. The van der Waals surface area contributed by atoms with Crippen molar-refractivity contribution in [2.75, 3.05) is 45.8 Å². The zero-order valence-corrected chi connectivity index (χ0v) is 14.0. The van der Waals surface area contributed by atoms with Crippen LogP contribution >= 0.6 is 0 Å². The van der Waals surface area contributed by atoms with Crippen LogP contribution in [0, 0.1) is 5.92 Å². The van der Waals surface area contributed by atoms with Crippen LogP contribution in [0.25, 0.3) is 0 Å². The summed E-state index contributed by atoms with van der Waals surface area (Å²) in [6.45, 7) is 2.86. The Balaban J connectivity index is 1.81. The van der Waals surface area contributed by atoms with Gasteiger partial charge in [0.05, 0.1) is 6.04 Å². The maximum atomic E-state index is 12.2. The Morgan fingerprint density at radius 1 is 1.35 bits per heavy atom. The van der Waals surface area contributed by atoms with Gasteiger partial charge in [-0.2, -0.15) is 0 Å². The molecule has 1 unspecified atom stereocenters. The summed E-state index contributed by atoms with van der Waals surface area (Å²) in [7, 11) is 4.01. The number of nitrogens with two attached hydrogens (primary N) is 1. The van der Waals surface area contributed by atoms with E-state index in [1.807, 2.05) is 38.4 Å². The summed E-state index contributed by atoms with van der Waals surface area (Å²) in [5.74, 6) is 0.842. The zero-order valence-electron chi connectivity index (χ0n) is 14.0. The quantitative estimate of drug-likeness (QED) is 0.792. The standard InChI is InChI=1S/C17H27N3O3/c1-20(2)9-12-23-15-5-3-14(4-6-15)19-17(21)16(18)13-7-10-22-11-8-13/h3-6,13,16H,7-12,18H2,1-2H3,(H,19,21). The van der Waals surface area contributed by atoms with Gasteiger partial charge in [0.15, 0.2) is 0 Å². The number of ether oxygens (including phenoxy) is 2. The molecule has 1 aliphatic heterocycles. The third kappa shape index (κ3) is 5.82. The third-order valence-electron chi connectivity index (χ3n) is 4.01. The van der Waals surface area contributed by atoms with Crippen molar-refractivity contribution in [3.63, 3.8) is 0 Å².